The van der Waals surface area contributed by atoms with E-state index in [1.54, 1.807) is 36.4 Å². The van der Waals surface area contributed by atoms with Crippen LogP contribution in [0.5, 0.6) is 0 Å². The van der Waals surface area contributed by atoms with Gasteiger partial charge in [-0.05, 0) is 60.5 Å². The van der Waals surface area contributed by atoms with Crippen molar-refractivity contribution >= 4 is 23.3 Å². The second-order valence-electron chi connectivity index (χ2n) is 9.08. The number of benzene rings is 3. The van der Waals surface area contributed by atoms with E-state index in [9.17, 15) is 14.4 Å². The third-order valence-corrected chi connectivity index (χ3v) is 6.30. The minimum atomic E-state index is -0.929. The van der Waals surface area contributed by atoms with E-state index in [2.05, 4.69) is 39.9 Å². The highest BCUT2D eigenvalue weighted by Gasteiger charge is 2.37. The number of nitrogens with two attached hydrogens (primary N) is 1. The highest BCUT2D eigenvalue weighted by atomic mass is 16.3. The lowest BCUT2D eigenvalue weighted by Crippen LogP contribution is -2.46. The second-order valence-corrected chi connectivity index (χ2v) is 9.08. The van der Waals surface area contributed by atoms with Gasteiger partial charge < -0.3 is 26.8 Å². The van der Waals surface area contributed by atoms with E-state index in [4.69, 9.17) is 10.8 Å². The van der Waals surface area contributed by atoms with Gasteiger partial charge in [-0.1, -0.05) is 42.2 Å². The molecule has 6 N–H and O–H groups in total. The average molecular weight is 511 g/mol. The number of carbonyl (C=O) groups is 3. The summed E-state index contributed by atoms with van der Waals surface area (Å²) in [6, 6.07) is 23.6. The van der Waals surface area contributed by atoms with Crippen LogP contribution in [0.2, 0.25) is 0 Å². The first-order valence-electron chi connectivity index (χ1n) is 12.4. The topological polar surface area (TPSA) is 134 Å². The van der Waals surface area contributed by atoms with Gasteiger partial charge in [-0.15, -0.1) is 0 Å². The highest BCUT2D eigenvalue weighted by Crippen LogP contribution is 2.40. The van der Waals surface area contributed by atoms with Crippen molar-refractivity contribution in [2.24, 2.45) is 5.73 Å². The van der Waals surface area contributed by atoms with E-state index in [0.717, 1.165) is 12.0 Å². The summed E-state index contributed by atoms with van der Waals surface area (Å²) in [7, 11) is 0. The average Bonchev–Trinajstić information content (AvgIpc) is 3.74. The van der Waals surface area contributed by atoms with Crippen LogP contribution >= 0.6 is 0 Å². The molecule has 0 spiro atoms. The highest BCUT2D eigenvalue weighted by molar-refractivity contribution is 5.98. The molecule has 0 saturated heterocycles. The van der Waals surface area contributed by atoms with Gasteiger partial charge >= 0.3 is 0 Å². The van der Waals surface area contributed by atoms with Gasteiger partial charge in [0.2, 0.25) is 5.91 Å². The van der Waals surface area contributed by atoms with Gasteiger partial charge in [-0.3, -0.25) is 14.4 Å². The van der Waals surface area contributed by atoms with Crippen LogP contribution in [0, 0.1) is 11.8 Å². The van der Waals surface area contributed by atoms with Crippen molar-refractivity contribution in [3.05, 3.63) is 101 Å². The molecule has 4 rings (SSSR count). The maximum atomic E-state index is 12.3. The molecule has 1 saturated carbocycles. The van der Waals surface area contributed by atoms with Crippen LogP contribution in [-0.4, -0.2) is 54.5 Å². The predicted molar refractivity (Wildman–Crippen MR) is 145 cm³/mol. The summed E-state index contributed by atoms with van der Waals surface area (Å²) in [6.45, 7) is -0.519. The van der Waals surface area contributed by atoms with Gasteiger partial charge in [-0.2, -0.15) is 0 Å². The summed E-state index contributed by atoms with van der Waals surface area (Å²) in [5.74, 6) is 5.48. The van der Waals surface area contributed by atoms with Crippen molar-refractivity contribution in [2.45, 2.75) is 24.4 Å². The van der Waals surface area contributed by atoms with E-state index >= 15 is 0 Å². The van der Waals surface area contributed by atoms with Crippen LogP contribution in [0.1, 0.15) is 39.4 Å². The monoisotopic (exact) mass is 510 g/mol. The lowest BCUT2D eigenvalue weighted by Gasteiger charge is -2.14. The molecule has 8 nitrogen and oxygen atoms in total. The van der Waals surface area contributed by atoms with Gasteiger partial charge in [0.05, 0.1) is 6.54 Å². The molecule has 0 bridgehead atoms. The lowest BCUT2D eigenvalue weighted by molar-refractivity contribution is -0.123. The van der Waals surface area contributed by atoms with Crippen molar-refractivity contribution in [1.29, 1.82) is 0 Å². The lowest BCUT2D eigenvalue weighted by atomic mass is 10.1. The minimum Gasteiger partial charge on any atom is -0.388 e. The number of amides is 2. The molecule has 3 aromatic carbocycles. The molecule has 0 aromatic heterocycles. The number of anilines is 1. The second kappa shape index (κ2) is 12.8. The fraction of sp³-hybridized carbons (Fsp3) is 0.233. The molecule has 1 aliphatic rings. The fourth-order valence-corrected chi connectivity index (χ4v) is 4.03. The maximum Gasteiger partial charge on any atom is 0.251 e. The summed E-state index contributed by atoms with van der Waals surface area (Å²) in [4.78, 5) is 36.2. The van der Waals surface area contributed by atoms with E-state index in [1.807, 2.05) is 30.3 Å². The van der Waals surface area contributed by atoms with E-state index in [1.165, 1.54) is 5.56 Å². The minimum absolute atomic E-state index is 0.0924. The largest absolute Gasteiger partial charge is 0.388 e. The molecule has 3 aromatic rings. The van der Waals surface area contributed by atoms with E-state index in [0.29, 0.717) is 28.8 Å². The molecular formula is C30H30N4O4. The number of hydrogen-bond acceptors (Lipinski definition) is 6. The Kier molecular flexibility index (Phi) is 9.01. The number of aliphatic hydroxyl groups is 1. The zero-order valence-electron chi connectivity index (χ0n) is 20.8. The van der Waals surface area contributed by atoms with Crippen LogP contribution in [0.3, 0.4) is 0 Å². The third-order valence-electron chi connectivity index (χ3n) is 6.30. The molecule has 1 fully saturated rings. The number of ketones is 1. The van der Waals surface area contributed by atoms with Crippen molar-refractivity contribution in [3.63, 3.8) is 0 Å². The van der Waals surface area contributed by atoms with Crippen molar-refractivity contribution in [2.75, 3.05) is 25.0 Å². The zero-order chi connectivity index (χ0) is 26.9. The number of aliphatic hydroxyl groups excluding tert-OH is 1. The normalized spacial score (nSPS) is 16.5. The molecule has 0 radical (unpaired) electrons. The Bertz CT molecular complexity index is 1330. The Morgan fingerprint density at radius 2 is 1.55 bits per heavy atom. The number of carbonyl (C=O) groups excluding carboxylic acids is 3. The van der Waals surface area contributed by atoms with Gasteiger partial charge in [0.1, 0.15) is 12.6 Å². The third kappa shape index (κ3) is 7.37. The smallest absolute Gasteiger partial charge is 0.251 e. The molecule has 0 heterocycles. The van der Waals surface area contributed by atoms with E-state index in [-0.39, 0.29) is 19.0 Å². The molecule has 1 aliphatic carbocycles. The molecule has 38 heavy (non-hydrogen) atoms. The molecule has 2 amide bonds. The molecule has 194 valence electrons. The predicted octanol–water partition coefficient (Wildman–Crippen LogP) is 1.79. The molecule has 0 unspecified atom stereocenters. The first-order chi connectivity index (χ1) is 18.5. The number of nitrogens with one attached hydrogen (secondary N) is 3. The van der Waals surface area contributed by atoms with Crippen LogP contribution in [0.25, 0.3) is 0 Å². The Labute approximate surface area is 221 Å². The van der Waals surface area contributed by atoms with Crippen molar-refractivity contribution in [1.82, 2.24) is 10.6 Å². The SMILES string of the molecule is NC[C@H](NC(=O)c1ccc(C#Cc2ccc(NC(=O)CN[C@H]3C[C@@H]3c3ccccc3)cc2)cc1)C(=O)CO. The van der Waals surface area contributed by atoms with Crippen LogP contribution in [0.15, 0.2) is 78.9 Å². The van der Waals surface area contributed by atoms with Crippen LogP contribution in [0.4, 0.5) is 5.69 Å². The van der Waals surface area contributed by atoms with Gasteiger partial charge in [-0.25, -0.2) is 0 Å². The summed E-state index contributed by atoms with van der Waals surface area (Å²) >= 11 is 0. The van der Waals surface area contributed by atoms with E-state index < -0.39 is 24.3 Å². The Morgan fingerprint density at radius 3 is 2.16 bits per heavy atom. The summed E-state index contributed by atoms with van der Waals surface area (Å²) in [5.41, 5.74) is 9.33. The van der Waals surface area contributed by atoms with Crippen LogP contribution < -0.4 is 21.7 Å². The Hall–Kier alpha value is -4.29. The quantitative estimate of drug-likeness (QED) is 0.264. The molecular weight excluding hydrogens is 480 g/mol. The standard InChI is InChI=1S/C30H30N4O4/c31-17-27(28(36)19-35)34-30(38)23-12-8-20(9-13-23)6-7-21-10-14-24(15-11-21)33-29(37)18-32-26-16-25(26)22-4-2-1-3-5-22/h1-5,8-15,25-27,32,35H,16-19,31H2,(H,33,37)(H,34,38)/t25-,26+,27+/m1/s1. The first-order valence-corrected chi connectivity index (χ1v) is 12.4. The zero-order valence-corrected chi connectivity index (χ0v) is 20.8. The summed E-state index contributed by atoms with van der Waals surface area (Å²) in [6.07, 6.45) is 1.04. The number of rotatable bonds is 10. The van der Waals surface area contributed by atoms with Gasteiger partial charge in [0.15, 0.2) is 5.78 Å². The molecule has 3 atom stereocenters. The summed E-state index contributed by atoms with van der Waals surface area (Å²) in [5, 5.41) is 17.7. The fourth-order valence-electron chi connectivity index (χ4n) is 4.03. The molecule has 8 heteroatoms. The Morgan fingerprint density at radius 1 is 0.921 bits per heavy atom. The number of Topliss-reactive ketones (excluding diaryl/α,β-unsaturated/α-hetero) is 1. The van der Waals surface area contributed by atoms with Gasteiger partial charge in [0, 0.05) is 40.9 Å². The molecule has 0 aliphatic heterocycles. The first kappa shape index (κ1) is 26.8. The maximum absolute atomic E-state index is 12.3. The van der Waals surface area contributed by atoms with Crippen molar-refractivity contribution in [3.8, 4) is 11.8 Å². The van der Waals surface area contributed by atoms with Gasteiger partial charge in [0.25, 0.3) is 5.91 Å². The number of hydrogen-bond donors (Lipinski definition) is 5. The Balaban J connectivity index is 1.24. The summed E-state index contributed by atoms with van der Waals surface area (Å²) < 4.78 is 0. The van der Waals surface area contributed by atoms with Crippen LogP contribution in [-0.2, 0) is 9.59 Å². The van der Waals surface area contributed by atoms with Crippen molar-refractivity contribution < 1.29 is 19.5 Å².